The lowest BCUT2D eigenvalue weighted by Crippen LogP contribution is -2.40. The van der Waals surface area contributed by atoms with Crippen LogP contribution in [0.5, 0.6) is 0 Å². The van der Waals surface area contributed by atoms with E-state index < -0.39 is 0 Å². The van der Waals surface area contributed by atoms with E-state index in [2.05, 4.69) is 5.32 Å². The van der Waals surface area contributed by atoms with E-state index in [0.717, 1.165) is 0 Å². The van der Waals surface area contributed by atoms with Crippen LogP contribution in [0.1, 0.15) is 34.6 Å². The zero-order valence-corrected chi connectivity index (χ0v) is 9.77. The maximum Gasteiger partial charge on any atom is 0.323 e. The molecule has 0 fully saturated rings. The van der Waals surface area contributed by atoms with Crippen molar-refractivity contribution < 1.29 is 9.53 Å². The van der Waals surface area contributed by atoms with E-state index >= 15 is 0 Å². The summed E-state index contributed by atoms with van der Waals surface area (Å²) in [6, 6.07) is 0.0899. The zero-order chi connectivity index (χ0) is 9.72. The highest BCUT2D eigenvalue weighted by molar-refractivity contribution is 5.85. The minimum absolute atomic E-state index is 0. The fraction of sp³-hybridized carbons (Fsp3) is 0.889. The first-order chi connectivity index (χ1) is 5.43. The van der Waals surface area contributed by atoms with Gasteiger partial charge in [-0.05, 0) is 20.8 Å². The van der Waals surface area contributed by atoms with Crippen LogP contribution in [0.2, 0.25) is 0 Å². The normalized spacial score (nSPS) is 12.5. The second-order valence-corrected chi connectivity index (χ2v) is 3.53. The lowest BCUT2D eigenvalue weighted by molar-refractivity contribution is -0.149. The quantitative estimate of drug-likeness (QED) is 0.717. The van der Waals surface area contributed by atoms with Crippen LogP contribution in [0.3, 0.4) is 0 Å². The monoisotopic (exact) mass is 209 g/mol. The molecule has 0 aliphatic carbocycles. The Labute approximate surface area is 86.6 Å². The van der Waals surface area contributed by atoms with Crippen molar-refractivity contribution in [2.45, 2.75) is 52.8 Å². The lowest BCUT2D eigenvalue weighted by atomic mass is 10.3. The van der Waals surface area contributed by atoms with Crippen molar-refractivity contribution in [1.82, 2.24) is 5.32 Å². The summed E-state index contributed by atoms with van der Waals surface area (Å²) in [4.78, 5) is 11.2. The third-order valence-electron chi connectivity index (χ3n) is 1.29. The summed E-state index contributed by atoms with van der Waals surface area (Å²) < 4.78 is 5.01. The number of nitrogens with one attached hydrogen (secondary N) is 1. The van der Waals surface area contributed by atoms with Crippen LogP contribution >= 0.6 is 12.4 Å². The molecule has 0 amide bonds. The van der Waals surface area contributed by atoms with Gasteiger partial charge < -0.3 is 10.1 Å². The Morgan fingerprint density at radius 1 is 1.15 bits per heavy atom. The van der Waals surface area contributed by atoms with Gasteiger partial charge in [-0.1, -0.05) is 13.8 Å². The van der Waals surface area contributed by atoms with E-state index in [1.54, 1.807) is 0 Å². The largest absolute Gasteiger partial charge is 0.462 e. The standard InChI is InChI=1S/C9H19NO2.ClH/c1-6(2)10-8(5)9(11)12-7(3)4;/h6-8,10H,1-5H3;1H/t8-;/m0./s1. The number of esters is 1. The third kappa shape index (κ3) is 8.06. The van der Waals surface area contributed by atoms with Gasteiger partial charge in [0.1, 0.15) is 6.04 Å². The highest BCUT2D eigenvalue weighted by Crippen LogP contribution is 1.95. The molecule has 0 spiro atoms. The average Bonchev–Trinajstić information content (AvgIpc) is 1.84. The molecule has 0 rings (SSSR count). The van der Waals surface area contributed by atoms with Crippen LogP contribution in [0.4, 0.5) is 0 Å². The van der Waals surface area contributed by atoms with Crippen molar-refractivity contribution in [3.63, 3.8) is 0 Å². The Hall–Kier alpha value is -0.280. The number of ether oxygens (including phenoxy) is 1. The molecule has 0 saturated carbocycles. The molecule has 0 bridgehead atoms. The first kappa shape index (κ1) is 15.2. The Balaban J connectivity index is 0. The molecule has 0 heterocycles. The van der Waals surface area contributed by atoms with Crippen LogP contribution in [0, 0.1) is 0 Å². The predicted molar refractivity (Wildman–Crippen MR) is 56.2 cm³/mol. The van der Waals surface area contributed by atoms with Gasteiger partial charge in [-0.3, -0.25) is 4.79 Å². The molecule has 0 unspecified atom stereocenters. The van der Waals surface area contributed by atoms with E-state index in [9.17, 15) is 4.79 Å². The number of carbonyl (C=O) groups excluding carboxylic acids is 1. The highest BCUT2D eigenvalue weighted by Gasteiger charge is 2.15. The minimum Gasteiger partial charge on any atom is -0.462 e. The molecule has 4 heteroatoms. The molecule has 13 heavy (non-hydrogen) atoms. The molecule has 1 N–H and O–H groups in total. The van der Waals surface area contributed by atoms with Crippen molar-refractivity contribution in [1.29, 1.82) is 0 Å². The molecule has 0 aromatic heterocycles. The topological polar surface area (TPSA) is 38.3 Å². The lowest BCUT2D eigenvalue weighted by Gasteiger charge is -2.17. The maximum atomic E-state index is 11.2. The van der Waals surface area contributed by atoms with Crippen LogP contribution in [-0.4, -0.2) is 24.2 Å². The third-order valence-corrected chi connectivity index (χ3v) is 1.29. The number of hydrogen-bond donors (Lipinski definition) is 1. The predicted octanol–water partition coefficient (Wildman–Crippen LogP) is 1.75. The van der Waals surface area contributed by atoms with Gasteiger partial charge in [0.15, 0.2) is 0 Å². The van der Waals surface area contributed by atoms with Gasteiger partial charge in [0.2, 0.25) is 0 Å². The summed E-state index contributed by atoms with van der Waals surface area (Å²) in [6.07, 6.45) is -0.0334. The number of hydrogen-bond acceptors (Lipinski definition) is 3. The molecule has 0 aromatic carbocycles. The smallest absolute Gasteiger partial charge is 0.323 e. The van der Waals surface area contributed by atoms with Crippen LogP contribution in [-0.2, 0) is 9.53 Å². The Morgan fingerprint density at radius 2 is 1.62 bits per heavy atom. The van der Waals surface area contributed by atoms with Crippen molar-refractivity contribution in [3.05, 3.63) is 0 Å². The van der Waals surface area contributed by atoms with Gasteiger partial charge in [-0.15, -0.1) is 12.4 Å². The Morgan fingerprint density at radius 3 is 1.92 bits per heavy atom. The summed E-state index contributed by atoms with van der Waals surface area (Å²) in [5.74, 6) is -0.182. The van der Waals surface area contributed by atoms with Gasteiger partial charge in [-0.2, -0.15) is 0 Å². The second-order valence-electron chi connectivity index (χ2n) is 3.53. The summed E-state index contributed by atoms with van der Waals surface area (Å²) in [6.45, 7) is 9.50. The maximum absolute atomic E-state index is 11.2. The van der Waals surface area contributed by atoms with E-state index in [-0.39, 0.29) is 30.5 Å². The van der Waals surface area contributed by atoms with Crippen molar-refractivity contribution in [2.24, 2.45) is 0 Å². The van der Waals surface area contributed by atoms with E-state index in [1.807, 2.05) is 34.6 Å². The second kappa shape index (κ2) is 7.15. The molecule has 0 saturated heterocycles. The highest BCUT2D eigenvalue weighted by atomic mass is 35.5. The molecule has 80 valence electrons. The van der Waals surface area contributed by atoms with Crippen LogP contribution < -0.4 is 5.32 Å². The van der Waals surface area contributed by atoms with Crippen molar-refractivity contribution in [2.75, 3.05) is 0 Å². The molecule has 1 atom stereocenters. The Bertz CT molecular complexity index is 149. The van der Waals surface area contributed by atoms with Crippen LogP contribution in [0.25, 0.3) is 0 Å². The van der Waals surface area contributed by atoms with Crippen molar-refractivity contribution in [3.8, 4) is 0 Å². The van der Waals surface area contributed by atoms with Gasteiger partial charge in [0, 0.05) is 6.04 Å². The zero-order valence-electron chi connectivity index (χ0n) is 8.96. The SMILES string of the molecule is CC(C)N[C@@H](C)C(=O)OC(C)C.Cl. The molecular weight excluding hydrogens is 190 g/mol. The van der Waals surface area contributed by atoms with Gasteiger partial charge in [0.05, 0.1) is 6.10 Å². The molecule has 0 aliphatic heterocycles. The summed E-state index contributed by atoms with van der Waals surface area (Å²) in [5, 5.41) is 3.07. The Kier molecular flexibility index (Phi) is 8.37. The molecular formula is C9H20ClNO2. The number of carbonyl (C=O) groups is 1. The molecule has 0 aliphatic rings. The van der Waals surface area contributed by atoms with Crippen molar-refractivity contribution >= 4 is 18.4 Å². The van der Waals surface area contributed by atoms with Crippen LogP contribution in [0.15, 0.2) is 0 Å². The van der Waals surface area contributed by atoms with Gasteiger partial charge in [-0.25, -0.2) is 0 Å². The van der Waals surface area contributed by atoms with E-state index in [0.29, 0.717) is 6.04 Å². The molecule has 0 radical (unpaired) electrons. The molecule has 0 aromatic rings. The fourth-order valence-electron chi connectivity index (χ4n) is 0.902. The average molecular weight is 210 g/mol. The van der Waals surface area contributed by atoms with E-state index in [4.69, 9.17) is 4.74 Å². The first-order valence-electron chi connectivity index (χ1n) is 4.40. The molecule has 3 nitrogen and oxygen atoms in total. The summed E-state index contributed by atoms with van der Waals surface area (Å²) in [5.41, 5.74) is 0. The summed E-state index contributed by atoms with van der Waals surface area (Å²) >= 11 is 0. The summed E-state index contributed by atoms with van der Waals surface area (Å²) in [7, 11) is 0. The van der Waals surface area contributed by atoms with E-state index in [1.165, 1.54) is 0 Å². The number of rotatable bonds is 4. The fourth-order valence-corrected chi connectivity index (χ4v) is 0.902. The number of halogens is 1. The minimum atomic E-state index is -0.215. The van der Waals surface area contributed by atoms with Gasteiger partial charge in [0.25, 0.3) is 0 Å². The first-order valence-corrected chi connectivity index (χ1v) is 4.40. The van der Waals surface area contributed by atoms with Gasteiger partial charge >= 0.3 is 5.97 Å².